The number of ketones is 1. The van der Waals surface area contributed by atoms with E-state index in [1.165, 1.54) is 6.07 Å². The highest BCUT2D eigenvalue weighted by Gasteiger charge is 2.14. The summed E-state index contributed by atoms with van der Waals surface area (Å²) in [5.41, 5.74) is 3.67. The van der Waals surface area contributed by atoms with E-state index in [1.807, 2.05) is 24.3 Å². The molecule has 28 heavy (non-hydrogen) atoms. The summed E-state index contributed by atoms with van der Waals surface area (Å²) in [7, 11) is 0. The van der Waals surface area contributed by atoms with Crippen molar-refractivity contribution in [2.75, 3.05) is 0 Å². The molecule has 1 aromatic heterocycles. The highest BCUT2D eigenvalue weighted by Crippen LogP contribution is 2.25. The number of hydrogen-bond acceptors (Lipinski definition) is 4. The molecule has 0 aliphatic rings. The second-order valence-corrected chi connectivity index (χ2v) is 6.26. The number of aliphatic hydroxyl groups is 1. The summed E-state index contributed by atoms with van der Waals surface area (Å²) in [5.74, 6) is -0.124. The molecular weight excluding hydrogens is 364 g/mol. The van der Waals surface area contributed by atoms with Crippen molar-refractivity contribution >= 4 is 5.78 Å². The molecule has 0 fully saturated rings. The number of rotatable bonds is 8. The molecule has 0 aliphatic heterocycles. The minimum absolute atomic E-state index is 0.00920. The first-order chi connectivity index (χ1) is 13.6. The Kier molecular flexibility index (Phi) is 6.45. The molecule has 3 rings (SSSR count). The Morgan fingerprint density at radius 3 is 2.46 bits per heavy atom. The van der Waals surface area contributed by atoms with E-state index in [9.17, 15) is 18.7 Å². The predicted molar refractivity (Wildman–Crippen MR) is 101 cm³/mol. The van der Waals surface area contributed by atoms with Gasteiger partial charge >= 0.3 is 6.61 Å². The lowest BCUT2D eigenvalue weighted by Gasteiger charge is -2.12. The monoisotopic (exact) mass is 383 g/mol. The van der Waals surface area contributed by atoms with Crippen molar-refractivity contribution in [1.82, 2.24) is 4.98 Å². The predicted octanol–water partition coefficient (Wildman–Crippen LogP) is 4.20. The van der Waals surface area contributed by atoms with Gasteiger partial charge in [-0.2, -0.15) is 8.78 Å². The van der Waals surface area contributed by atoms with Crippen LogP contribution < -0.4 is 4.74 Å². The molecule has 0 aliphatic carbocycles. The van der Waals surface area contributed by atoms with Crippen molar-refractivity contribution in [3.05, 3.63) is 83.7 Å². The van der Waals surface area contributed by atoms with Crippen LogP contribution in [0.1, 0.15) is 16.7 Å². The van der Waals surface area contributed by atoms with Crippen LogP contribution in [0, 0.1) is 0 Å². The Morgan fingerprint density at radius 2 is 1.75 bits per heavy atom. The molecular formula is C22H19F2NO3. The molecule has 0 amide bonds. The molecule has 0 radical (unpaired) electrons. The van der Waals surface area contributed by atoms with Gasteiger partial charge in [0.25, 0.3) is 0 Å². The number of hydrogen-bond donors (Lipinski definition) is 1. The van der Waals surface area contributed by atoms with Gasteiger partial charge in [0.15, 0.2) is 0 Å². The van der Waals surface area contributed by atoms with Gasteiger partial charge in [-0.1, -0.05) is 36.4 Å². The van der Waals surface area contributed by atoms with E-state index >= 15 is 0 Å². The van der Waals surface area contributed by atoms with Crippen LogP contribution in [0.15, 0.2) is 67.0 Å². The summed E-state index contributed by atoms with van der Waals surface area (Å²) < 4.78 is 29.5. The molecule has 0 saturated heterocycles. The second kappa shape index (κ2) is 9.19. The summed E-state index contributed by atoms with van der Waals surface area (Å²) in [6.45, 7) is -3.10. The average Bonchev–Trinajstić information content (AvgIpc) is 2.69. The minimum Gasteiger partial charge on any atom is -0.435 e. The Balaban J connectivity index is 1.75. The normalized spacial score (nSPS) is 10.9. The Morgan fingerprint density at radius 1 is 1.00 bits per heavy atom. The number of aliphatic hydroxyl groups excluding tert-OH is 1. The number of Topliss-reactive ketones (excluding diaryl/α,β-unsaturated/α-hetero) is 1. The van der Waals surface area contributed by atoms with Crippen molar-refractivity contribution in [2.24, 2.45) is 0 Å². The van der Waals surface area contributed by atoms with Crippen LogP contribution in [-0.4, -0.2) is 22.5 Å². The number of nitrogens with zero attached hydrogens (tertiary/aromatic N) is 1. The van der Waals surface area contributed by atoms with Gasteiger partial charge in [-0.3, -0.25) is 9.78 Å². The summed E-state index contributed by atoms with van der Waals surface area (Å²) in [5, 5.41) is 9.71. The molecule has 144 valence electrons. The summed E-state index contributed by atoms with van der Waals surface area (Å²) >= 11 is 0. The van der Waals surface area contributed by atoms with Gasteiger partial charge in [0, 0.05) is 30.8 Å². The minimum atomic E-state index is -2.94. The number of benzene rings is 2. The van der Waals surface area contributed by atoms with Gasteiger partial charge in [-0.05, 0) is 40.5 Å². The third kappa shape index (κ3) is 4.98. The molecule has 1 N–H and O–H groups in total. The smallest absolute Gasteiger partial charge is 0.387 e. The van der Waals surface area contributed by atoms with Crippen LogP contribution in [0.25, 0.3) is 11.1 Å². The molecule has 6 heteroatoms. The number of ether oxygens (including phenoxy) is 1. The summed E-state index contributed by atoms with van der Waals surface area (Å²) in [6.07, 6.45) is 3.47. The maximum Gasteiger partial charge on any atom is 0.387 e. The molecule has 0 unspecified atom stereocenters. The van der Waals surface area contributed by atoms with E-state index in [0.717, 1.165) is 16.7 Å². The lowest BCUT2D eigenvalue weighted by atomic mass is 9.95. The van der Waals surface area contributed by atoms with Crippen molar-refractivity contribution in [1.29, 1.82) is 0 Å². The first-order valence-electron chi connectivity index (χ1n) is 8.74. The number of alkyl halides is 2. The van der Waals surface area contributed by atoms with E-state index in [4.69, 9.17) is 0 Å². The largest absolute Gasteiger partial charge is 0.435 e. The van der Waals surface area contributed by atoms with Gasteiger partial charge in [-0.25, -0.2) is 0 Å². The van der Waals surface area contributed by atoms with E-state index in [1.54, 1.807) is 36.7 Å². The van der Waals surface area contributed by atoms with Crippen molar-refractivity contribution in [3.8, 4) is 16.9 Å². The quantitative estimate of drug-likeness (QED) is 0.633. The fourth-order valence-corrected chi connectivity index (χ4v) is 3.06. The fraction of sp³-hybridized carbons (Fsp3) is 0.182. The molecule has 2 aromatic carbocycles. The zero-order chi connectivity index (χ0) is 19.9. The average molecular weight is 383 g/mol. The maximum atomic E-state index is 12.5. The molecule has 1 heterocycles. The number of carbonyl (C=O) groups is 1. The Labute approximate surface area is 161 Å². The van der Waals surface area contributed by atoms with Crippen molar-refractivity contribution < 1.29 is 23.4 Å². The molecule has 4 nitrogen and oxygen atoms in total. The number of pyridine rings is 1. The van der Waals surface area contributed by atoms with Crippen LogP contribution in [-0.2, 0) is 24.2 Å². The SMILES string of the molecule is O=C(Cc1ccc(-c2ccncc2)c(CO)c1)Cc1ccccc1OC(F)F. The number of carbonyl (C=O) groups excluding carboxylic acids is 1. The maximum absolute atomic E-state index is 12.5. The van der Waals surface area contributed by atoms with Crippen LogP contribution >= 0.6 is 0 Å². The zero-order valence-corrected chi connectivity index (χ0v) is 15.0. The third-order valence-corrected chi connectivity index (χ3v) is 4.31. The van der Waals surface area contributed by atoms with Crippen molar-refractivity contribution in [2.45, 2.75) is 26.1 Å². The van der Waals surface area contributed by atoms with Crippen LogP contribution in [0.5, 0.6) is 5.75 Å². The van der Waals surface area contributed by atoms with Gasteiger partial charge < -0.3 is 9.84 Å². The lowest BCUT2D eigenvalue weighted by molar-refractivity contribution is -0.117. The number of para-hydroxylation sites is 1. The van der Waals surface area contributed by atoms with Crippen LogP contribution in [0.2, 0.25) is 0 Å². The fourth-order valence-electron chi connectivity index (χ4n) is 3.06. The standard InChI is InChI=1S/C22H19F2NO3/c23-22(24)28-21-4-2-1-3-17(21)13-19(27)12-15-5-6-20(18(11-15)14-26)16-7-9-25-10-8-16/h1-11,22,26H,12-14H2. The first-order valence-corrected chi connectivity index (χ1v) is 8.74. The van der Waals surface area contributed by atoms with Crippen LogP contribution in [0.4, 0.5) is 8.78 Å². The molecule has 0 atom stereocenters. The summed E-state index contributed by atoms with van der Waals surface area (Å²) in [4.78, 5) is 16.4. The highest BCUT2D eigenvalue weighted by molar-refractivity contribution is 5.84. The lowest BCUT2D eigenvalue weighted by Crippen LogP contribution is -2.10. The van der Waals surface area contributed by atoms with Gasteiger partial charge in [-0.15, -0.1) is 0 Å². The molecule has 0 spiro atoms. The third-order valence-electron chi connectivity index (χ3n) is 4.31. The Hall–Kier alpha value is -3.12. The topological polar surface area (TPSA) is 59.4 Å². The van der Waals surface area contributed by atoms with Crippen molar-refractivity contribution in [3.63, 3.8) is 0 Å². The first kappa shape index (κ1) is 19.6. The van der Waals surface area contributed by atoms with E-state index in [-0.39, 0.29) is 31.0 Å². The molecule has 3 aromatic rings. The van der Waals surface area contributed by atoms with Gasteiger partial charge in [0.05, 0.1) is 6.61 Å². The van der Waals surface area contributed by atoms with Gasteiger partial charge in [0.1, 0.15) is 11.5 Å². The van der Waals surface area contributed by atoms with E-state index in [0.29, 0.717) is 11.1 Å². The molecule has 0 bridgehead atoms. The van der Waals surface area contributed by atoms with E-state index < -0.39 is 6.61 Å². The molecule has 0 saturated carbocycles. The summed E-state index contributed by atoms with van der Waals surface area (Å²) in [6, 6.07) is 15.4. The highest BCUT2D eigenvalue weighted by atomic mass is 19.3. The van der Waals surface area contributed by atoms with Gasteiger partial charge in [0.2, 0.25) is 0 Å². The van der Waals surface area contributed by atoms with Crippen LogP contribution in [0.3, 0.4) is 0 Å². The number of aromatic nitrogens is 1. The Bertz CT molecular complexity index is 946. The second-order valence-electron chi connectivity index (χ2n) is 6.26. The number of halogens is 2. The zero-order valence-electron chi connectivity index (χ0n) is 15.0. The van der Waals surface area contributed by atoms with E-state index in [2.05, 4.69) is 9.72 Å².